The van der Waals surface area contributed by atoms with Crippen molar-refractivity contribution in [3.8, 4) is 0 Å². The van der Waals surface area contributed by atoms with E-state index in [1.807, 2.05) is 24.5 Å². The number of nitrogens with one attached hydrogen (secondary N) is 1. The van der Waals surface area contributed by atoms with E-state index < -0.39 is 0 Å². The van der Waals surface area contributed by atoms with Gasteiger partial charge < -0.3 is 0 Å². The van der Waals surface area contributed by atoms with E-state index in [1.54, 1.807) is 0 Å². The smallest absolute Gasteiger partial charge is 0.0278 e. The molecule has 0 spiro atoms. The van der Waals surface area contributed by atoms with Crippen LogP contribution < -0.4 is 11.3 Å². The van der Waals surface area contributed by atoms with Crippen molar-refractivity contribution >= 4 is 0 Å². The highest BCUT2D eigenvalue weighted by molar-refractivity contribution is 5.11. The lowest BCUT2D eigenvalue weighted by Gasteiger charge is -2.26. The Balaban J connectivity index is 2.62. The molecule has 84 valence electrons. The van der Waals surface area contributed by atoms with Crippen LogP contribution in [0.15, 0.2) is 24.5 Å². The first-order valence-electron chi connectivity index (χ1n) is 5.50. The van der Waals surface area contributed by atoms with Crippen LogP contribution in [-0.2, 0) is 6.42 Å². The Morgan fingerprint density at radius 3 is 2.33 bits per heavy atom. The molecule has 3 nitrogen and oxygen atoms in total. The van der Waals surface area contributed by atoms with E-state index in [-0.39, 0.29) is 0 Å². The number of hydrogen-bond donors (Lipinski definition) is 2. The molecule has 0 fully saturated rings. The summed E-state index contributed by atoms with van der Waals surface area (Å²) in [6, 6.07) is 4.40. The summed E-state index contributed by atoms with van der Waals surface area (Å²) in [5.41, 5.74) is 4.19. The fourth-order valence-electron chi connectivity index (χ4n) is 1.63. The molecule has 0 saturated heterocycles. The van der Waals surface area contributed by atoms with Crippen molar-refractivity contribution < 1.29 is 0 Å². The van der Waals surface area contributed by atoms with Crippen LogP contribution in [-0.4, -0.2) is 11.0 Å². The predicted molar refractivity (Wildman–Crippen MR) is 63.1 cm³/mol. The van der Waals surface area contributed by atoms with Crippen molar-refractivity contribution in [1.82, 2.24) is 10.4 Å². The van der Waals surface area contributed by atoms with Crippen molar-refractivity contribution in [3.63, 3.8) is 0 Å². The van der Waals surface area contributed by atoms with Crippen LogP contribution in [0.25, 0.3) is 0 Å². The third-order valence-electron chi connectivity index (χ3n) is 3.11. The molecular formula is C12H21N3. The van der Waals surface area contributed by atoms with Crippen LogP contribution in [0.2, 0.25) is 0 Å². The highest BCUT2D eigenvalue weighted by Crippen LogP contribution is 2.17. The van der Waals surface area contributed by atoms with Gasteiger partial charge in [-0.15, -0.1) is 0 Å². The Morgan fingerprint density at radius 2 is 1.87 bits per heavy atom. The maximum atomic E-state index is 5.59. The first-order valence-corrected chi connectivity index (χ1v) is 5.50. The molecule has 3 N–H and O–H groups in total. The number of nitrogens with zero attached hydrogens (tertiary/aromatic N) is 1. The van der Waals surface area contributed by atoms with Gasteiger partial charge in [-0.3, -0.25) is 16.3 Å². The molecule has 1 aromatic rings. The quantitative estimate of drug-likeness (QED) is 0.571. The minimum atomic E-state index is 0.326. The Hall–Kier alpha value is -0.930. The molecule has 0 aliphatic carbocycles. The lowest BCUT2D eigenvalue weighted by molar-refractivity contribution is 0.299. The highest BCUT2D eigenvalue weighted by atomic mass is 15.2. The molecule has 15 heavy (non-hydrogen) atoms. The maximum absolute atomic E-state index is 5.59. The van der Waals surface area contributed by atoms with E-state index >= 15 is 0 Å². The van der Waals surface area contributed by atoms with Crippen molar-refractivity contribution in [1.29, 1.82) is 0 Å². The molecule has 0 radical (unpaired) electrons. The Morgan fingerprint density at radius 1 is 1.27 bits per heavy atom. The van der Waals surface area contributed by atoms with Gasteiger partial charge in [0.05, 0.1) is 0 Å². The van der Waals surface area contributed by atoms with Gasteiger partial charge in [-0.05, 0) is 36.0 Å². The summed E-state index contributed by atoms with van der Waals surface area (Å²) in [6.45, 7) is 6.68. The van der Waals surface area contributed by atoms with E-state index in [4.69, 9.17) is 5.84 Å². The number of aromatic nitrogens is 1. The molecule has 0 amide bonds. The van der Waals surface area contributed by atoms with Gasteiger partial charge in [0, 0.05) is 18.4 Å². The summed E-state index contributed by atoms with van der Waals surface area (Å²) in [4.78, 5) is 4.01. The standard InChI is InChI=1S/C12H21N3/c1-9(2)10(3)12(15-13)8-11-4-6-14-7-5-11/h4-7,9-10,12,15H,8,13H2,1-3H3. The van der Waals surface area contributed by atoms with E-state index in [9.17, 15) is 0 Å². The molecule has 1 heterocycles. The van der Waals surface area contributed by atoms with Crippen LogP contribution in [0.4, 0.5) is 0 Å². The molecular weight excluding hydrogens is 186 g/mol. The molecule has 0 aromatic carbocycles. The lowest BCUT2D eigenvalue weighted by Crippen LogP contribution is -2.43. The molecule has 0 aliphatic heterocycles. The average Bonchev–Trinajstić information content (AvgIpc) is 2.26. The van der Waals surface area contributed by atoms with Gasteiger partial charge in [-0.2, -0.15) is 0 Å². The van der Waals surface area contributed by atoms with Gasteiger partial charge in [0.25, 0.3) is 0 Å². The molecule has 1 aromatic heterocycles. The topological polar surface area (TPSA) is 50.9 Å². The third kappa shape index (κ3) is 3.61. The van der Waals surface area contributed by atoms with Crippen LogP contribution in [0.5, 0.6) is 0 Å². The zero-order valence-electron chi connectivity index (χ0n) is 9.77. The fraction of sp³-hybridized carbons (Fsp3) is 0.583. The third-order valence-corrected chi connectivity index (χ3v) is 3.11. The largest absolute Gasteiger partial charge is 0.271 e. The molecule has 0 aliphatic rings. The van der Waals surface area contributed by atoms with Crippen molar-refractivity contribution in [2.45, 2.75) is 33.2 Å². The minimum Gasteiger partial charge on any atom is -0.271 e. The monoisotopic (exact) mass is 207 g/mol. The minimum absolute atomic E-state index is 0.326. The zero-order chi connectivity index (χ0) is 11.3. The normalized spacial score (nSPS) is 15.3. The number of rotatable bonds is 5. The van der Waals surface area contributed by atoms with E-state index in [0.717, 1.165) is 6.42 Å². The van der Waals surface area contributed by atoms with Crippen molar-refractivity contribution in [2.24, 2.45) is 17.7 Å². The van der Waals surface area contributed by atoms with Gasteiger partial charge in [0.15, 0.2) is 0 Å². The molecule has 2 unspecified atom stereocenters. The summed E-state index contributed by atoms with van der Waals surface area (Å²) in [5.74, 6) is 6.78. The Kier molecular flexibility index (Phi) is 4.72. The second-order valence-electron chi connectivity index (χ2n) is 4.44. The van der Waals surface area contributed by atoms with Crippen LogP contribution in [0, 0.1) is 11.8 Å². The molecule has 0 bridgehead atoms. The second kappa shape index (κ2) is 5.83. The summed E-state index contributed by atoms with van der Waals surface area (Å²) in [7, 11) is 0. The van der Waals surface area contributed by atoms with Gasteiger partial charge in [-0.1, -0.05) is 20.8 Å². The van der Waals surface area contributed by atoms with E-state index in [1.165, 1.54) is 5.56 Å². The molecule has 3 heteroatoms. The molecule has 2 atom stereocenters. The predicted octanol–water partition coefficient (Wildman–Crippen LogP) is 1.75. The number of hydrazine groups is 1. The maximum Gasteiger partial charge on any atom is 0.0278 e. The summed E-state index contributed by atoms with van der Waals surface area (Å²) in [5, 5.41) is 0. The van der Waals surface area contributed by atoms with Crippen molar-refractivity contribution in [3.05, 3.63) is 30.1 Å². The molecule has 0 saturated carbocycles. The van der Waals surface area contributed by atoms with Gasteiger partial charge in [0.2, 0.25) is 0 Å². The molecule has 1 rings (SSSR count). The highest BCUT2D eigenvalue weighted by Gasteiger charge is 2.19. The van der Waals surface area contributed by atoms with Crippen molar-refractivity contribution in [2.75, 3.05) is 0 Å². The first-order chi connectivity index (χ1) is 7.15. The number of hydrogen-bond acceptors (Lipinski definition) is 3. The SMILES string of the molecule is CC(C)C(C)C(Cc1ccncc1)NN. The number of pyridine rings is 1. The van der Waals surface area contributed by atoms with Crippen LogP contribution in [0.1, 0.15) is 26.3 Å². The summed E-state index contributed by atoms with van der Waals surface area (Å²) in [6.07, 6.45) is 4.60. The average molecular weight is 207 g/mol. The lowest BCUT2D eigenvalue weighted by atomic mass is 9.87. The van der Waals surface area contributed by atoms with Gasteiger partial charge in [-0.25, -0.2) is 0 Å². The summed E-state index contributed by atoms with van der Waals surface area (Å²) >= 11 is 0. The number of nitrogens with two attached hydrogens (primary N) is 1. The summed E-state index contributed by atoms with van der Waals surface area (Å²) < 4.78 is 0. The first kappa shape index (κ1) is 12.1. The van der Waals surface area contributed by atoms with Gasteiger partial charge >= 0.3 is 0 Å². The Bertz CT molecular complexity index is 271. The Labute approximate surface area is 92.1 Å². The van der Waals surface area contributed by atoms with Gasteiger partial charge in [0.1, 0.15) is 0 Å². The van der Waals surface area contributed by atoms with Crippen LogP contribution >= 0.6 is 0 Å². The van der Waals surface area contributed by atoms with Crippen LogP contribution in [0.3, 0.4) is 0 Å². The van der Waals surface area contributed by atoms with E-state index in [0.29, 0.717) is 17.9 Å². The zero-order valence-corrected chi connectivity index (χ0v) is 9.77. The van der Waals surface area contributed by atoms with E-state index in [2.05, 4.69) is 31.2 Å². The fourth-order valence-corrected chi connectivity index (χ4v) is 1.63. The second-order valence-corrected chi connectivity index (χ2v) is 4.44.